The average Bonchev–Trinajstić information content (AvgIpc) is 3.07. The summed E-state index contributed by atoms with van der Waals surface area (Å²) in [5.74, 6) is -0.243. The quantitative estimate of drug-likeness (QED) is 0.505. The van der Waals surface area contributed by atoms with Crippen LogP contribution in [0.2, 0.25) is 0 Å². The number of halogens is 1. The lowest BCUT2D eigenvalue weighted by Gasteiger charge is -2.13. The van der Waals surface area contributed by atoms with Crippen molar-refractivity contribution in [3.8, 4) is 0 Å². The Morgan fingerprint density at radius 2 is 1.78 bits per heavy atom. The van der Waals surface area contributed by atoms with Gasteiger partial charge in [0.2, 0.25) is 0 Å². The molecule has 4 nitrogen and oxygen atoms in total. The number of carbonyl (C=O) groups is 2. The van der Waals surface area contributed by atoms with Crippen LogP contribution in [0.3, 0.4) is 0 Å². The Bertz CT molecular complexity index is 1120. The van der Waals surface area contributed by atoms with Crippen molar-refractivity contribution in [2.45, 2.75) is 13.5 Å². The molecule has 0 atom stereocenters. The van der Waals surface area contributed by atoms with Crippen LogP contribution in [0.4, 0.5) is 4.79 Å². The number of imide groups is 1. The highest BCUT2D eigenvalue weighted by molar-refractivity contribution is 9.10. The molecule has 0 unspecified atom stereocenters. The molecule has 2 amide bonds. The average molecular weight is 441 g/mol. The highest BCUT2D eigenvalue weighted by Crippen LogP contribution is 2.36. The summed E-state index contributed by atoms with van der Waals surface area (Å²) < 4.78 is 2.99. The lowest BCUT2D eigenvalue weighted by Crippen LogP contribution is -2.27. The standard InChI is InChI=1S/C21H17BrN2O2S/c1-13-16(15-8-4-6-10-18(15)23(13)2)11-19-20(25)24(21(26)27-19)12-14-7-3-5-9-17(14)22/h3-11H,12H2,1-2H3/b19-11-. The van der Waals surface area contributed by atoms with Crippen molar-refractivity contribution < 1.29 is 9.59 Å². The van der Waals surface area contributed by atoms with Crippen molar-refractivity contribution in [3.63, 3.8) is 0 Å². The Labute approximate surface area is 170 Å². The lowest BCUT2D eigenvalue weighted by molar-refractivity contribution is -0.123. The van der Waals surface area contributed by atoms with Crippen molar-refractivity contribution in [3.05, 3.63) is 74.7 Å². The van der Waals surface area contributed by atoms with Crippen LogP contribution in [-0.4, -0.2) is 20.6 Å². The van der Waals surface area contributed by atoms with E-state index in [0.717, 1.165) is 44.0 Å². The minimum absolute atomic E-state index is 0.236. The maximum atomic E-state index is 12.9. The van der Waals surface area contributed by atoms with E-state index in [-0.39, 0.29) is 17.7 Å². The first-order chi connectivity index (χ1) is 13.0. The van der Waals surface area contributed by atoms with Crippen LogP contribution in [-0.2, 0) is 18.4 Å². The first-order valence-corrected chi connectivity index (χ1v) is 10.1. The molecule has 0 bridgehead atoms. The molecule has 136 valence electrons. The lowest BCUT2D eigenvalue weighted by atomic mass is 10.1. The minimum atomic E-state index is -0.243. The fourth-order valence-electron chi connectivity index (χ4n) is 3.30. The molecule has 1 saturated heterocycles. The monoisotopic (exact) mass is 440 g/mol. The van der Waals surface area contributed by atoms with Crippen molar-refractivity contribution >= 4 is 55.8 Å². The number of carbonyl (C=O) groups excluding carboxylic acids is 2. The molecule has 3 aromatic rings. The number of thioether (sulfide) groups is 1. The van der Waals surface area contributed by atoms with E-state index in [0.29, 0.717) is 4.91 Å². The summed E-state index contributed by atoms with van der Waals surface area (Å²) in [7, 11) is 2.01. The molecule has 0 spiro atoms. The van der Waals surface area contributed by atoms with Crippen LogP contribution < -0.4 is 0 Å². The Morgan fingerprint density at radius 3 is 2.56 bits per heavy atom. The zero-order valence-electron chi connectivity index (χ0n) is 14.9. The van der Waals surface area contributed by atoms with Gasteiger partial charge in [0.05, 0.1) is 11.4 Å². The van der Waals surface area contributed by atoms with E-state index in [4.69, 9.17) is 0 Å². The fraction of sp³-hybridized carbons (Fsp3) is 0.143. The molecule has 27 heavy (non-hydrogen) atoms. The summed E-state index contributed by atoms with van der Waals surface area (Å²) in [5, 5.41) is 0.843. The summed E-state index contributed by atoms with van der Waals surface area (Å²) in [4.78, 5) is 27.1. The highest BCUT2D eigenvalue weighted by Gasteiger charge is 2.35. The second kappa shape index (κ2) is 7.02. The molecule has 6 heteroatoms. The third-order valence-corrected chi connectivity index (χ3v) is 6.56. The van der Waals surface area contributed by atoms with E-state index in [2.05, 4.69) is 26.6 Å². The zero-order chi connectivity index (χ0) is 19.1. The molecule has 0 saturated carbocycles. The normalized spacial score (nSPS) is 16.1. The molecule has 4 rings (SSSR count). The number of aryl methyl sites for hydroxylation is 1. The highest BCUT2D eigenvalue weighted by atomic mass is 79.9. The number of nitrogens with zero attached hydrogens (tertiary/aromatic N) is 2. The molecular weight excluding hydrogens is 424 g/mol. The van der Waals surface area contributed by atoms with Crippen LogP contribution in [0.15, 0.2) is 57.9 Å². The summed E-state index contributed by atoms with van der Waals surface area (Å²) >= 11 is 4.48. The molecule has 0 radical (unpaired) electrons. The molecule has 1 aliphatic rings. The second-order valence-electron chi connectivity index (χ2n) is 6.43. The summed E-state index contributed by atoms with van der Waals surface area (Å²) in [6.45, 7) is 2.29. The van der Waals surface area contributed by atoms with E-state index < -0.39 is 0 Å². The van der Waals surface area contributed by atoms with Crippen molar-refractivity contribution in [2.24, 2.45) is 7.05 Å². The number of benzene rings is 2. The van der Waals surface area contributed by atoms with Crippen molar-refractivity contribution in [2.75, 3.05) is 0 Å². The molecule has 0 aliphatic carbocycles. The third kappa shape index (κ3) is 3.13. The Hall–Kier alpha value is -2.31. The number of amides is 2. The maximum absolute atomic E-state index is 12.9. The number of fused-ring (bicyclic) bond motifs is 1. The van der Waals surface area contributed by atoms with Gasteiger partial charge in [0.25, 0.3) is 11.1 Å². The zero-order valence-corrected chi connectivity index (χ0v) is 17.3. The van der Waals surface area contributed by atoms with Gasteiger partial charge in [0, 0.05) is 33.7 Å². The summed E-state index contributed by atoms with van der Waals surface area (Å²) in [5.41, 5.74) is 4.06. The molecule has 1 fully saturated rings. The minimum Gasteiger partial charge on any atom is -0.347 e. The van der Waals surface area contributed by atoms with Gasteiger partial charge in [0.15, 0.2) is 0 Å². The molecule has 1 aliphatic heterocycles. The van der Waals surface area contributed by atoms with Gasteiger partial charge in [-0.25, -0.2) is 0 Å². The van der Waals surface area contributed by atoms with Crippen LogP contribution >= 0.6 is 27.7 Å². The van der Waals surface area contributed by atoms with Gasteiger partial charge in [0.1, 0.15) is 0 Å². The Balaban J connectivity index is 1.70. The third-order valence-electron chi connectivity index (χ3n) is 4.88. The van der Waals surface area contributed by atoms with Crippen molar-refractivity contribution in [1.29, 1.82) is 0 Å². The maximum Gasteiger partial charge on any atom is 0.293 e. The van der Waals surface area contributed by atoms with E-state index in [9.17, 15) is 9.59 Å². The van der Waals surface area contributed by atoms with Crippen molar-refractivity contribution in [1.82, 2.24) is 9.47 Å². The SMILES string of the molecule is Cc1c(/C=C2\SC(=O)N(Cc3ccccc3Br)C2=O)c2ccccc2n1C. The van der Waals surface area contributed by atoms with Gasteiger partial charge in [-0.15, -0.1) is 0 Å². The van der Waals surface area contributed by atoms with Gasteiger partial charge in [-0.05, 0) is 42.5 Å². The molecule has 2 aromatic carbocycles. The summed E-state index contributed by atoms with van der Waals surface area (Å²) in [6.07, 6.45) is 1.85. The van der Waals surface area contributed by atoms with Gasteiger partial charge in [-0.2, -0.15) is 0 Å². The van der Waals surface area contributed by atoms with Gasteiger partial charge >= 0.3 is 0 Å². The Kier molecular flexibility index (Phi) is 4.70. The Morgan fingerprint density at radius 1 is 1.07 bits per heavy atom. The van der Waals surface area contributed by atoms with E-state index in [1.54, 1.807) is 0 Å². The van der Waals surface area contributed by atoms with Gasteiger partial charge < -0.3 is 4.57 Å². The number of hydrogen-bond donors (Lipinski definition) is 0. The van der Waals surface area contributed by atoms with Crippen LogP contribution in [0.5, 0.6) is 0 Å². The second-order valence-corrected chi connectivity index (χ2v) is 8.28. The molecule has 2 heterocycles. The predicted molar refractivity (Wildman–Crippen MR) is 113 cm³/mol. The van der Waals surface area contributed by atoms with Gasteiger partial charge in [-0.3, -0.25) is 14.5 Å². The van der Waals surface area contributed by atoms with Gasteiger partial charge in [-0.1, -0.05) is 52.3 Å². The largest absolute Gasteiger partial charge is 0.347 e. The summed E-state index contributed by atoms with van der Waals surface area (Å²) in [6, 6.07) is 15.7. The van der Waals surface area contributed by atoms with Crippen LogP contribution in [0.25, 0.3) is 17.0 Å². The first kappa shape index (κ1) is 18.1. The fourth-order valence-corrected chi connectivity index (χ4v) is 4.53. The number of aromatic nitrogens is 1. The topological polar surface area (TPSA) is 42.3 Å². The van der Waals surface area contributed by atoms with E-state index in [1.807, 2.05) is 62.5 Å². The first-order valence-electron chi connectivity index (χ1n) is 8.50. The van der Waals surface area contributed by atoms with Crippen LogP contribution in [0.1, 0.15) is 16.8 Å². The smallest absolute Gasteiger partial charge is 0.293 e. The number of para-hydroxylation sites is 1. The molecule has 1 aromatic heterocycles. The molecular formula is C21H17BrN2O2S. The van der Waals surface area contributed by atoms with Crippen LogP contribution in [0, 0.1) is 6.92 Å². The van der Waals surface area contributed by atoms with E-state index in [1.165, 1.54) is 4.90 Å². The molecule has 0 N–H and O–H groups in total. The number of hydrogen-bond acceptors (Lipinski definition) is 3. The van der Waals surface area contributed by atoms with E-state index >= 15 is 0 Å². The predicted octanol–water partition coefficient (Wildman–Crippen LogP) is 5.49. The number of rotatable bonds is 3.